The highest BCUT2D eigenvalue weighted by atomic mass is 32.2. The van der Waals surface area contributed by atoms with Gasteiger partial charge in [0, 0.05) is 27.3 Å². The molecule has 2 atom stereocenters. The van der Waals surface area contributed by atoms with Gasteiger partial charge in [0.05, 0.1) is 23.5 Å². The monoisotopic (exact) mass is 542 g/mol. The maximum Gasteiger partial charge on any atom is 0.303 e. The van der Waals surface area contributed by atoms with Crippen LogP contribution >= 0.6 is 0 Å². The van der Waals surface area contributed by atoms with Crippen molar-refractivity contribution in [3.63, 3.8) is 0 Å². The molecule has 0 aromatic heterocycles. The van der Waals surface area contributed by atoms with E-state index in [2.05, 4.69) is 10.9 Å². The Hall–Kier alpha value is -2.50. The Labute approximate surface area is 220 Å². The van der Waals surface area contributed by atoms with Crippen LogP contribution in [0.3, 0.4) is 0 Å². The van der Waals surface area contributed by atoms with Crippen LogP contribution in [0.4, 0.5) is 0 Å². The summed E-state index contributed by atoms with van der Waals surface area (Å²) in [5, 5.41) is 9.02. The average molecular weight is 543 g/mol. The van der Waals surface area contributed by atoms with Gasteiger partial charge in [-0.3, -0.25) is 19.8 Å². The van der Waals surface area contributed by atoms with Crippen LogP contribution in [-0.4, -0.2) is 69.2 Å². The molecular weight excluding hydrogens is 500 g/mol. The number of carbonyl (C=O) groups excluding carboxylic acids is 3. The molecule has 0 aliphatic rings. The van der Waals surface area contributed by atoms with Gasteiger partial charge in [-0.05, 0) is 36.3 Å². The van der Waals surface area contributed by atoms with Gasteiger partial charge < -0.3 is 14.6 Å². The van der Waals surface area contributed by atoms with E-state index in [1.165, 1.54) is 13.8 Å². The molecule has 3 N–H and O–H groups in total. The van der Waals surface area contributed by atoms with Gasteiger partial charge in [0.2, 0.25) is 5.91 Å². The number of hydrazine groups is 1. The molecule has 1 amide bonds. The minimum absolute atomic E-state index is 0.0463. The van der Waals surface area contributed by atoms with E-state index in [4.69, 9.17) is 14.6 Å². The molecule has 1 aromatic rings. The lowest BCUT2D eigenvalue weighted by atomic mass is 9.75. The van der Waals surface area contributed by atoms with Crippen LogP contribution in [0.5, 0.6) is 0 Å². The molecule has 0 heterocycles. The Morgan fingerprint density at radius 3 is 2.32 bits per heavy atom. The zero-order chi connectivity index (χ0) is 28.3. The van der Waals surface area contributed by atoms with E-state index in [1.807, 2.05) is 45.0 Å². The lowest BCUT2D eigenvalue weighted by Gasteiger charge is -2.31. The summed E-state index contributed by atoms with van der Waals surface area (Å²) in [6, 6.07) is 7.38. The van der Waals surface area contributed by atoms with E-state index in [9.17, 15) is 22.8 Å². The van der Waals surface area contributed by atoms with Crippen molar-refractivity contribution >= 4 is 27.7 Å². The number of ether oxygens (including phenoxy) is 2. The SMILES string of the molecule is CNNC(=O)[C@](C)(CCCC(C)(C)CS(=O)(=O)CCO)c1cccc(C[C@H](COC(C)=O)OC(C)=O)c1. The normalized spacial score (nSPS) is 14.4. The van der Waals surface area contributed by atoms with Crippen molar-refractivity contribution in [1.29, 1.82) is 0 Å². The summed E-state index contributed by atoms with van der Waals surface area (Å²) in [6.45, 7) is 7.64. The van der Waals surface area contributed by atoms with E-state index >= 15 is 0 Å². The molecule has 0 saturated heterocycles. The number of rotatable bonds is 16. The van der Waals surface area contributed by atoms with Gasteiger partial charge in [-0.2, -0.15) is 0 Å². The van der Waals surface area contributed by atoms with Crippen molar-refractivity contribution in [1.82, 2.24) is 10.9 Å². The number of hydrogen-bond donors (Lipinski definition) is 3. The number of aliphatic hydroxyl groups excluding tert-OH is 1. The third-order valence-corrected chi connectivity index (χ3v) is 8.14. The molecule has 1 rings (SSSR count). The molecule has 210 valence electrons. The molecular formula is C26H42N2O8S. The van der Waals surface area contributed by atoms with Crippen LogP contribution in [0, 0.1) is 5.41 Å². The molecule has 0 unspecified atom stereocenters. The third-order valence-electron chi connectivity index (χ3n) is 6.12. The van der Waals surface area contributed by atoms with E-state index < -0.39 is 45.3 Å². The maximum atomic E-state index is 13.2. The minimum atomic E-state index is -3.37. The second-order valence-corrected chi connectivity index (χ2v) is 12.5. The predicted molar refractivity (Wildman–Crippen MR) is 140 cm³/mol. The number of sulfone groups is 1. The molecule has 37 heavy (non-hydrogen) atoms. The Kier molecular flexibility index (Phi) is 12.7. The number of aliphatic hydroxyl groups is 1. The Morgan fingerprint density at radius 2 is 1.76 bits per heavy atom. The number of nitrogens with one attached hydrogen (secondary N) is 2. The predicted octanol–water partition coefficient (Wildman–Crippen LogP) is 1.84. The molecule has 0 saturated carbocycles. The highest BCUT2D eigenvalue weighted by Gasteiger charge is 2.36. The molecule has 0 aliphatic heterocycles. The standard InChI is InChI=1S/C26H42N2O8S/c1-19(30)35-17-23(36-20(2)31)16-21-9-7-10-22(15-21)26(5,24(32)28-27-6)12-8-11-25(3,4)18-37(33,34)14-13-29/h7,9-10,15,23,27,29H,8,11-14,16-18H2,1-6H3,(H,28,32)/t23-,26-/m1/s1. The zero-order valence-corrected chi connectivity index (χ0v) is 23.6. The van der Waals surface area contributed by atoms with Crippen LogP contribution in [0.25, 0.3) is 0 Å². The smallest absolute Gasteiger partial charge is 0.303 e. The summed E-state index contributed by atoms with van der Waals surface area (Å²) in [5.41, 5.74) is 5.44. The van der Waals surface area contributed by atoms with Gasteiger partial charge in [-0.25, -0.2) is 13.8 Å². The van der Waals surface area contributed by atoms with E-state index in [1.54, 1.807) is 7.05 Å². The Morgan fingerprint density at radius 1 is 1.08 bits per heavy atom. The lowest BCUT2D eigenvalue weighted by molar-refractivity contribution is -0.156. The molecule has 1 aromatic carbocycles. The highest BCUT2D eigenvalue weighted by Crippen LogP contribution is 2.34. The summed E-state index contributed by atoms with van der Waals surface area (Å²) in [5.74, 6) is -1.52. The van der Waals surface area contributed by atoms with Crippen molar-refractivity contribution in [3.05, 3.63) is 35.4 Å². The second kappa shape index (κ2) is 14.4. The molecule has 0 bridgehead atoms. The summed E-state index contributed by atoms with van der Waals surface area (Å²) < 4.78 is 34.8. The van der Waals surface area contributed by atoms with E-state index in [-0.39, 0.29) is 24.0 Å². The van der Waals surface area contributed by atoms with Gasteiger partial charge in [-0.15, -0.1) is 0 Å². The lowest BCUT2D eigenvalue weighted by Crippen LogP contribution is -2.47. The number of benzene rings is 1. The summed E-state index contributed by atoms with van der Waals surface area (Å²) in [7, 11) is -1.78. The van der Waals surface area contributed by atoms with Crippen LogP contribution in [0.15, 0.2) is 24.3 Å². The first kappa shape index (κ1) is 32.5. The van der Waals surface area contributed by atoms with Crippen molar-refractivity contribution in [2.24, 2.45) is 5.41 Å². The van der Waals surface area contributed by atoms with Gasteiger partial charge in [-0.1, -0.05) is 44.5 Å². The Bertz CT molecular complexity index is 1030. The average Bonchev–Trinajstić information content (AvgIpc) is 2.76. The fraction of sp³-hybridized carbons (Fsp3) is 0.654. The first-order valence-corrected chi connectivity index (χ1v) is 14.1. The van der Waals surface area contributed by atoms with Crippen LogP contribution in [-0.2, 0) is 45.5 Å². The highest BCUT2D eigenvalue weighted by molar-refractivity contribution is 7.91. The second-order valence-electron chi connectivity index (χ2n) is 10.3. The van der Waals surface area contributed by atoms with Crippen molar-refractivity contribution in [2.45, 2.75) is 71.8 Å². The van der Waals surface area contributed by atoms with Crippen molar-refractivity contribution < 1.29 is 37.4 Å². The number of carbonyl (C=O) groups is 3. The van der Waals surface area contributed by atoms with Gasteiger partial charge in [0.15, 0.2) is 9.84 Å². The summed E-state index contributed by atoms with van der Waals surface area (Å²) >= 11 is 0. The van der Waals surface area contributed by atoms with Gasteiger partial charge in [0.25, 0.3) is 0 Å². The van der Waals surface area contributed by atoms with Crippen LogP contribution < -0.4 is 10.9 Å². The summed E-state index contributed by atoms with van der Waals surface area (Å²) in [6.07, 6.45) is 1.23. The maximum absolute atomic E-state index is 13.2. The largest absolute Gasteiger partial charge is 0.462 e. The van der Waals surface area contributed by atoms with E-state index in [0.717, 1.165) is 11.1 Å². The number of esters is 2. The van der Waals surface area contributed by atoms with Gasteiger partial charge in [0.1, 0.15) is 12.7 Å². The van der Waals surface area contributed by atoms with Crippen molar-refractivity contribution in [2.75, 3.05) is 31.8 Å². The zero-order valence-electron chi connectivity index (χ0n) is 22.8. The fourth-order valence-electron chi connectivity index (χ4n) is 4.32. The quantitative estimate of drug-likeness (QED) is 0.210. The van der Waals surface area contributed by atoms with Crippen LogP contribution in [0.1, 0.15) is 65.0 Å². The fourth-order valence-corrected chi connectivity index (χ4v) is 6.08. The molecule has 10 nitrogen and oxygen atoms in total. The molecule has 0 aliphatic carbocycles. The van der Waals surface area contributed by atoms with Crippen LogP contribution in [0.2, 0.25) is 0 Å². The first-order valence-electron chi connectivity index (χ1n) is 12.3. The number of hydrogen-bond acceptors (Lipinski definition) is 9. The summed E-state index contributed by atoms with van der Waals surface area (Å²) in [4.78, 5) is 35.9. The minimum Gasteiger partial charge on any atom is -0.462 e. The third kappa shape index (κ3) is 11.6. The Balaban J connectivity index is 3.13. The molecule has 0 radical (unpaired) electrons. The number of amides is 1. The van der Waals surface area contributed by atoms with Gasteiger partial charge >= 0.3 is 11.9 Å². The molecule has 11 heteroatoms. The van der Waals surface area contributed by atoms with Crippen molar-refractivity contribution in [3.8, 4) is 0 Å². The van der Waals surface area contributed by atoms with E-state index in [0.29, 0.717) is 25.7 Å². The first-order chi connectivity index (χ1) is 17.1. The molecule has 0 fully saturated rings. The topological polar surface area (TPSA) is 148 Å². The molecule has 0 spiro atoms.